The third-order valence-corrected chi connectivity index (χ3v) is 4.88. The van der Waals surface area contributed by atoms with E-state index in [0.29, 0.717) is 22.0 Å². The second-order valence-corrected chi connectivity index (χ2v) is 6.81. The first-order valence-corrected chi connectivity index (χ1v) is 9.23. The van der Waals surface area contributed by atoms with E-state index in [1.165, 1.54) is 4.90 Å². The quantitative estimate of drug-likeness (QED) is 0.514. The molecule has 0 bridgehead atoms. The molecule has 0 aromatic heterocycles. The number of hydrogen-bond acceptors (Lipinski definition) is 2. The zero-order chi connectivity index (χ0) is 19.5. The molecule has 0 saturated heterocycles. The van der Waals surface area contributed by atoms with E-state index in [4.69, 9.17) is 11.6 Å². The van der Waals surface area contributed by atoms with Crippen LogP contribution in [0, 0.1) is 0 Å². The lowest BCUT2D eigenvalue weighted by Gasteiger charge is -2.30. The number of para-hydroxylation sites is 2. The summed E-state index contributed by atoms with van der Waals surface area (Å²) in [6.07, 6.45) is 1.77. The van der Waals surface area contributed by atoms with Crippen molar-refractivity contribution in [2.45, 2.75) is 0 Å². The molecule has 5 heteroatoms. The summed E-state index contributed by atoms with van der Waals surface area (Å²) in [5, 5.41) is 3.36. The summed E-state index contributed by atoms with van der Waals surface area (Å²) >= 11 is 6.32. The zero-order valence-electron chi connectivity index (χ0n) is 14.9. The van der Waals surface area contributed by atoms with Crippen molar-refractivity contribution < 1.29 is 9.59 Å². The van der Waals surface area contributed by atoms with Gasteiger partial charge in [0.2, 0.25) is 5.91 Å². The molecule has 0 atom stereocenters. The predicted molar refractivity (Wildman–Crippen MR) is 113 cm³/mol. The van der Waals surface area contributed by atoms with Gasteiger partial charge in [-0.1, -0.05) is 72.3 Å². The Balaban J connectivity index is 1.83. The van der Waals surface area contributed by atoms with Crippen LogP contribution in [0.3, 0.4) is 0 Å². The van der Waals surface area contributed by atoms with Crippen molar-refractivity contribution in [1.29, 1.82) is 0 Å². The van der Waals surface area contributed by atoms with Gasteiger partial charge in [0, 0.05) is 10.6 Å². The van der Waals surface area contributed by atoms with Gasteiger partial charge in [0.05, 0.1) is 11.4 Å². The van der Waals surface area contributed by atoms with Crippen LogP contribution in [0.5, 0.6) is 0 Å². The number of nitrogens with one attached hydrogen (secondary N) is 1. The highest BCUT2D eigenvalue weighted by molar-refractivity contribution is 6.35. The SMILES string of the molecule is O=C1CN(C(=O)/C(=C/c2ccccc2Cl)c2ccccc2)c2ccccc2N1. The minimum atomic E-state index is -0.256. The fourth-order valence-corrected chi connectivity index (χ4v) is 3.38. The molecule has 0 aliphatic carbocycles. The van der Waals surface area contributed by atoms with E-state index in [9.17, 15) is 9.59 Å². The van der Waals surface area contributed by atoms with Crippen LogP contribution in [0.25, 0.3) is 11.6 Å². The number of anilines is 2. The number of carbonyl (C=O) groups excluding carboxylic acids is 2. The van der Waals surface area contributed by atoms with Crippen molar-refractivity contribution in [3.05, 3.63) is 95.0 Å². The molecule has 0 radical (unpaired) electrons. The molecular weight excluding hydrogens is 372 g/mol. The van der Waals surface area contributed by atoms with E-state index in [1.54, 1.807) is 18.2 Å². The molecule has 2 amide bonds. The molecular formula is C23H17ClN2O2. The number of fused-ring (bicyclic) bond motifs is 1. The monoisotopic (exact) mass is 388 g/mol. The van der Waals surface area contributed by atoms with E-state index in [0.717, 1.165) is 11.1 Å². The number of rotatable bonds is 3. The van der Waals surface area contributed by atoms with E-state index >= 15 is 0 Å². The highest BCUT2D eigenvalue weighted by Crippen LogP contribution is 2.32. The lowest BCUT2D eigenvalue weighted by Crippen LogP contribution is -2.42. The van der Waals surface area contributed by atoms with Crippen LogP contribution in [0.4, 0.5) is 11.4 Å². The lowest BCUT2D eigenvalue weighted by molar-refractivity contribution is -0.118. The summed E-state index contributed by atoms with van der Waals surface area (Å²) in [6, 6.07) is 24.0. The van der Waals surface area contributed by atoms with Crippen LogP contribution in [0.15, 0.2) is 78.9 Å². The van der Waals surface area contributed by atoms with Crippen molar-refractivity contribution in [2.24, 2.45) is 0 Å². The van der Waals surface area contributed by atoms with Gasteiger partial charge < -0.3 is 5.32 Å². The average molecular weight is 389 g/mol. The number of halogens is 1. The summed E-state index contributed by atoms with van der Waals surface area (Å²) in [5.41, 5.74) is 3.27. The zero-order valence-corrected chi connectivity index (χ0v) is 15.7. The smallest absolute Gasteiger partial charge is 0.259 e. The van der Waals surface area contributed by atoms with Crippen molar-refractivity contribution in [3.63, 3.8) is 0 Å². The standard InChI is InChI=1S/C23H17ClN2O2/c24-19-11-5-4-10-17(19)14-18(16-8-2-1-3-9-16)23(28)26-15-22(27)25-20-12-6-7-13-21(20)26/h1-14H,15H2,(H,25,27)/b18-14+. The van der Waals surface area contributed by atoms with Crippen LogP contribution >= 0.6 is 11.6 Å². The van der Waals surface area contributed by atoms with Gasteiger partial charge in [0.15, 0.2) is 0 Å². The van der Waals surface area contributed by atoms with Gasteiger partial charge in [-0.15, -0.1) is 0 Å². The molecule has 28 heavy (non-hydrogen) atoms. The predicted octanol–water partition coefficient (Wildman–Crippen LogP) is 4.87. The third kappa shape index (κ3) is 3.55. The van der Waals surface area contributed by atoms with E-state index in [-0.39, 0.29) is 18.4 Å². The molecule has 3 aromatic carbocycles. The van der Waals surface area contributed by atoms with Gasteiger partial charge in [0.1, 0.15) is 6.54 Å². The summed E-state index contributed by atoms with van der Waals surface area (Å²) in [6.45, 7) is -0.0391. The molecule has 1 N–H and O–H groups in total. The number of benzene rings is 3. The van der Waals surface area contributed by atoms with Crippen molar-refractivity contribution in [2.75, 3.05) is 16.8 Å². The Labute approximate surface area is 168 Å². The van der Waals surface area contributed by atoms with Gasteiger partial charge in [-0.05, 0) is 35.4 Å². The minimum absolute atomic E-state index is 0.0391. The first kappa shape index (κ1) is 18.0. The average Bonchev–Trinajstić information content (AvgIpc) is 2.72. The van der Waals surface area contributed by atoms with Gasteiger partial charge in [0.25, 0.3) is 5.91 Å². The molecule has 1 heterocycles. The maximum atomic E-state index is 13.6. The Hall–Kier alpha value is -3.37. The van der Waals surface area contributed by atoms with Gasteiger partial charge in [-0.3, -0.25) is 14.5 Å². The van der Waals surface area contributed by atoms with Crippen molar-refractivity contribution >= 4 is 46.4 Å². The van der Waals surface area contributed by atoms with Gasteiger partial charge in [-0.25, -0.2) is 0 Å². The Kier molecular flexibility index (Phi) is 4.96. The molecule has 0 unspecified atom stereocenters. The van der Waals surface area contributed by atoms with Crippen LogP contribution in [-0.4, -0.2) is 18.4 Å². The molecule has 0 spiro atoms. The Morgan fingerprint density at radius 3 is 2.39 bits per heavy atom. The maximum Gasteiger partial charge on any atom is 0.259 e. The maximum absolute atomic E-state index is 13.6. The van der Waals surface area contributed by atoms with E-state index in [1.807, 2.05) is 66.7 Å². The molecule has 0 fully saturated rings. The van der Waals surface area contributed by atoms with E-state index < -0.39 is 0 Å². The molecule has 4 rings (SSSR count). The van der Waals surface area contributed by atoms with Crippen LogP contribution in [0.1, 0.15) is 11.1 Å². The largest absolute Gasteiger partial charge is 0.323 e. The van der Waals surface area contributed by atoms with Crippen LogP contribution in [0.2, 0.25) is 5.02 Å². The fourth-order valence-electron chi connectivity index (χ4n) is 3.19. The summed E-state index contributed by atoms with van der Waals surface area (Å²) in [4.78, 5) is 27.2. The van der Waals surface area contributed by atoms with Gasteiger partial charge in [-0.2, -0.15) is 0 Å². The molecule has 4 nitrogen and oxygen atoms in total. The van der Waals surface area contributed by atoms with Gasteiger partial charge >= 0.3 is 0 Å². The summed E-state index contributed by atoms with van der Waals surface area (Å²) in [5.74, 6) is -0.481. The second kappa shape index (κ2) is 7.71. The first-order valence-electron chi connectivity index (χ1n) is 8.86. The topological polar surface area (TPSA) is 49.4 Å². The highest BCUT2D eigenvalue weighted by atomic mass is 35.5. The first-order chi connectivity index (χ1) is 13.6. The number of carbonyl (C=O) groups is 2. The summed E-state index contributed by atoms with van der Waals surface area (Å²) < 4.78 is 0. The third-order valence-electron chi connectivity index (χ3n) is 4.54. The van der Waals surface area contributed by atoms with Crippen molar-refractivity contribution in [1.82, 2.24) is 0 Å². The molecule has 3 aromatic rings. The Bertz CT molecular complexity index is 1080. The highest BCUT2D eigenvalue weighted by Gasteiger charge is 2.29. The number of nitrogens with zero attached hydrogens (tertiary/aromatic N) is 1. The molecule has 1 aliphatic heterocycles. The van der Waals surface area contributed by atoms with E-state index in [2.05, 4.69) is 5.32 Å². The normalized spacial score (nSPS) is 13.7. The number of hydrogen-bond donors (Lipinski definition) is 1. The minimum Gasteiger partial charge on any atom is -0.323 e. The second-order valence-electron chi connectivity index (χ2n) is 6.40. The van der Waals surface area contributed by atoms with Crippen LogP contribution in [-0.2, 0) is 9.59 Å². The fraction of sp³-hybridized carbons (Fsp3) is 0.0435. The molecule has 138 valence electrons. The lowest BCUT2D eigenvalue weighted by atomic mass is 10.0. The molecule has 0 saturated carbocycles. The van der Waals surface area contributed by atoms with Crippen molar-refractivity contribution in [3.8, 4) is 0 Å². The summed E-state index contributed by atoms with van der Waals surface area (Å²) in [7, 11) is 0. The Morgan fingerprint density at radius 1 is 0.929 bits per heavy atom. The molecule has 1 aliphatic rings. The van der Waals surface area contributed by atoms with Crippen LogP contribution < -0.4 is 10.2 Å². The Morgan fingerprint density at radius 2 is 1.61 bits per heavy atom. The number of amides is 2.